The summed E-state index contributed by atoms with van der Waals surface area (Å²) in [6.07, 6.45) is 1.63. The average molecular weight is 603 g/mol. The molecule has 8 nitrogen and oxygen atoms in total. The number of halogens is 2. The Balaban J connectivity index is 1.56. The number of nitrogens with one attached hydrogen (secondary N) is 2. The molecule has 0 aliphatic carbocycles. The molecule has 3 aromatic rings. The van der Waals surface area contributed by atoms with E-state index in [-0.39, 0.29) is 12.3 Å². The molecule has 200 valence electrons. The molecule has 0 radical (unpaired) electrons. The van der Waals surface area contributed by atoms with E-state index in [1.54, 1.807) is 62.6 Å². The summed E-state index contributed by atoms with van der Waals surface area (Å²) in [4.78, 5) is 24.7. The molecule has 0 saturated heterocycles. The highest BCUT2D eigenvalue weighted by atomic mass is 79.9. The third kappa shape index (κ3) is 8.78. The SMILES string of the molecule is CCOc1cc(C=NNC(=O)C(C)NC(=O)Cc2ccc(OC)cc2)cc(Br)c1OCc1ccc(Cl)cc1. The second kappa shape index (κ2) is 14.4. The Hall–Kier alpha value is -3.56. The van der Waals surface area contributed by atoms with E-state index in [2.05, 4.69) is 31.8 Å². The lowest BCUT2D eigenvalue weighted by Crippen LogP contribution is -2.43. The van der Waals surface area contributed by atoms with Crippen LogP contribution in [0.4, 0.5) is 0 Å². The van der Waals surface area contributed by atoms with Gasteiger partial charge < -0.3 is 19.5 Å². The smallest absolute Gasteiger partial charge is 0.262 e. The average Bonchev–Trinajstić information content (AvgIpc) is 2.89. The maximum Gasteiger partial charge on any atom is 0.262 e. The number of methoxy groups -OCH3 is 1. The minimum Gasteiger partial charge on any atom is -0.497 e. The van der Waals surface area contributed by atoms with E-state index < -0.39 is 11.9 Å². The van der Waals surface area contributed by atoms with Gasteiger partial charge in [-0.3, -0.25) is 9.59 Å². The zero-order valence-corrected chi connectivity index (χ0v) is 23.6. The van der Waals surface area contributed by atoms with Crippen LogP contribution in [0.1, 0.15) is 30.5 Å². The second-order valence-electron chi connectivity index (χ2n) is 8.23. The molecule has 1 atom stereocenters. The predicted octanol–water partition coefficient (Wildman–Crippen LogP) is 5.29. The molecular weight excluding hydrogens is 574 g/mol. The second-order valence-corrected chi connectivity index (χ2v) is 9.52. The molecule has 1 unspecified atom stereocenters. The number of hydrogen-bond donors (Lipinski definition) is 2. The van der Waals surface area contributed by atoms with Crippen molar-refractivity contribution in [2.75, 3.05) is 13.7 Å². The highest BCUT2D eigenvalue weighted by molar-refractivity contribution is 9.10. The van der Waals surface area contributed by atoms with E-state index in [9.17, 15) is 9.59 Å². The van der Waals surface area contributed by atoms with Crippen molar-refractivity contribution in [2.24, 2.45) is 5.10 Å². The summed E-state index contributed by atoms with van der Waals surface area (Å²) >= 11 is 9.48. The molecule has 3 rings (SSSR count). The third-order valence-electron chi connectivity index (χ3n) is 5.31. The van der Waals surface area contributed by atoms with Gasteiger partial charge in [-0.1, -0.05) is 35.9 Å². The van der Waals surface area contributed by atoms with Crippen LogP contribution in [-0.2, 0) is 22.6 Å². The maximum atomic E-state index is 12.4. The Morgan fingerprint density at radius 1 is 1.05 bits per heavy atom. The molecular formula is C28H29BrClN3O5. The van der Waals surface area contributed by atoms with Crippen LogP contribution < -0.4 is 25.0 Å². The first-order valence-electron chi connectivity index (χ1n) is 11.9. The summed E-state index contributed by atoms with van der Waals surface area (Å²) in [5.41, 5.74) is 4.90. The van der Waals surface area contributed by atoms with Gasteiger partial charge in [-0.05, 0) is 82.9 Å². The van der Waals surface area contributed by atoms with Crippen molar-refractivity contribution >= 4 is 45.6 Å². The van der Waals surface area contributed by atoms with Gasteiger partial charge in [-0.15, -0.1) is 0 Å². The molecule has 0 bridgehead atoms. The van der Waals surface area contributed by atoms with Crippen molar-refractivity contribution in [1.29, 1.82) is 0 Å². The highest BCUT2D eigenvalue weighted by Gasteiger charge is 2.16. The lowest BCUT2D eigenvalue weighted by atomic mass is 10.1. The van der Waals surface area contributed by atoms with Crippen LogP contribution in [0.5, 0.6) is 17.2 Å². The molecule has 0 heterocycles. The summed E-state index contributed by atoms with van der Waals surface area (Å²) in [5.74, 6) is 1.07. The Kier molecular flexibility index (Phi) is 11.0. The van der Waals surface area contributed by atoms with Crippen LogP contribution in [0.25, 0.3) is 0 Å². The first kappa shape index (κ1) is 29.0. The summed E-state index contributed by atoms with van der Waals surface area (Å²) in [6, 6.07) is 17.4. The number of nitrogens with zero attached hydrogens (tertiary/aromatic N) is 1. The van der Waals surface area contributed by atoms with Crippen molar-refractivity contribution in [3.63, 3.8) is 0 Å². The van der Waals surface area contributed by atoms with Crippen molar-refractivity contribution in [2.45, 2.75) is 32.9 Å². The number of hydrogen-bond acceptors (Lipinski definition) is 6. The van der Waals surface area contributed by atoms with Crippen LogP contribution in [-0.4, -0.2) is 37.8 Å². The fraction of sp³-hybridized carbons (Fsp3) is 0.250. The predicted molar refractivity (Wildman–Crippen MR) is 151 cm³/mol. The third-order valence-corrected chi connectivity index (χ3v) is 6.15. The van der Waals surface area contributed by atoms with Crippen molar-refractivity contribution in [1.82, 2.24) is 10.7 Å². The summed E-state index contributed by atoms with van der Waals surface area (Å²) < 4.78 is 17.5. The Bertz CT molecular complexity index is 1270. The molecule has 2 N–H and O–H groups in total. The molecule has 2 amide bonds. The van der Waals surface area contributed by atoms with E-state index in [1.807, 2.05) is 19.1 Å². The number of carbonyl (C=O) groups excluding carboxylic acids is 2. The van der Waals surface area contributed by atoms with Gasteiger partial charge in [0, 0.05) is 5.02 Å². The maximum absolute atomic E-state index is 12.4. The molecule has 0 saturated carbocycles. The van der Waals surface area contributed by atoms with Crippen LogP contribution in [0, 0.1) is 0 Å². The molecule has 10 heteroatoms. The number of amides is 2. The van der Waals surface area contributed by atoms with E-state index in [0.717, 1.165) is 11.1 Å². The van der Waals surface area contributed by atoms with Crippen LogP contribution in [0.2, 0.25) is 5.02 Å². The minimum absolute atomic E-state index is 0.144. The Morgan fingerprint density at radius 2 is 1.74 bits per heavy atom. The van der Waals surface area contributed by atoms with Gasteiger partial charge in [0.2, 0.25) is 5.91 Å². The van der Waals surface area contributed by atoms with Gasteiger partial charge in [0.05, 0.1) is 30.8 Å². The Morgan fingerprint density at radius 3 is 2.39 bits per heavy atom. The highest BCUT2D eigenvalue weighted by Crippen LogP contribution is 2.37. The van der Waals surface area contributed by atoms with E-state index in [4.69, 9.17) is 25.8 Å². The van der Waals surface area contributed by atoms with Gasteiger partial charge in [0.25, 0.3) is 5.91 Å². The minimum atomic E-state index is -0.771. The quantitative estimate of drug-likeness (QED) is 0.217. The van der Waals surface area contributed by atoms with Gasteiger partial charge in [-0.25, -0.2) is 5.43 Å². The number of benzene rings is 3. The number of rotatable bonds is 12. The zero-order chi connectivity index (χ0) is 27.5. The topological polar surface area (TPSA) is 98.2 Å². The summed E-state index contributed by atoms with van der Waals surface area (Å²) in [6.45, 7) is 4.24. The summed E-state index contributed by atoms with van der Waals surface area (Å²) in [7, 11) is 1.58. The van der Waals surface area contributed by atoms with Gasteiger partial charge in [0.15, 0.2) is 11.5 Å². The standard InChI is InChI=1S/C28H29BrClN3O5/c1-4-37-25-14-21(13-24(29)27(25)38-17-20-5-9-22(30)10-6-20)16-31-33-28(35)18(2)32-26(34)15-19-7-11-23(36-3)12-8-19/h5-14,16,18H,4,15,17H2,1-3H3,(H,32,34)(H,33,35). The molecule has 0 fully saturated rings. The first-order chi connectivity index (χ1) is 18.3. The molecule has 0 aliphatic rings. The van der Waals surface area contributed by atoms with Crippen molar-refractivity contribution in [3.05, 3.63) is 86.8 Å². The number of carbonyl (C=O) groups is 2. The van der Waals surface area contributed by atoms with Gasteiger partial charge >= 0.3 is 0 Å². The fourth-order valence-corrected chi connectivity index (χ4v) is 4.06. The van der Waals surface area contributed by atoms with E-state index in [1.165, 1.54) is 6.21 Å². The molecule has 3 aromatic carbocycles. The molecule has 0 spiro atoms. The lowest BCUT2D eigenvalue weighted by molar-refractivity contribution is -0.128. The fourth-order valence-electron chi connectivity index (χ4n) is 3.36. The summed E-state index contributed by atoms with van der Waals surface area (Å²) in [5, 5.41) is 7.36. The first-order valence-corrected chi connectivity index (χ1v) is 13.0. The zero-order valence-electron chi connectivity index (χ0n) is 21.3. The molecule has 38 heavy (non-hydrogen) atoms. The van der Waals surface area contributed by atoms with Crippen molar-refractivity contribution < 1.29 is 23.8 Å². The largest absolute Gasteiger partial charge is 0.497 e. The normalized spacial score (nSPS) is 11.6. The number of hydrazone groups is 1. The van der Waals surface area contributed by atoms with Crippen LogP contribution in [0.15, 0.2) is 70.2 Å². The van der Waals surface area contributed by atoms with E-state index >= 15 is 0 Å². The van der Waals surface area contributed by atoms with Gasteiger partial charge in [0.1, 0.15) is 18.4 Å². The molecule has 0 aromatic heterocycles. The van der Waals surface area contributed by atoms with Crippen LogP contribution >= 0.6 is 27.5 Å². The van der Waals surface area contributed by atoms with Crippen LogP contribution in [0.3, 0.4) is 0 Å². The van der Waals surface area contributed by atoms with Crippen molar-refractivity contribution in [3.8, 4) is 17.2 Å². The monoisotopic (exact) mass is 601 g/mol. The lowest BCUT2D eigenvalue weighted by Gasteiger charge is -2.15. The van der Waals surface area contributed by atoms with Gasteiger partial charge in [-0.2, -0.15) is 5.10 Å². The molecule has 0 aliphatic heterocycles. The number of ether oxygens (including phenoxy) is 3. The Labute approximate surface area is 235 Å². The van der Waals surface area contributed by atoms with E-state index in [0.29, 0.717) is 45.5 Å².